The first kappa shape index (κ1) is 37.0. The second-order valence-corrected chi connectivity index (χ2v) is 17.0. The van der Waals surface area contributed by atoms with Crippen molar-refractivity contribution in [2.75, 3.05) is 7.11 Å². The smallest absolute Gasteiger partial charge is 0.407 e. The van der Waals surface area contributed by atoms with Crippen molar-refractivity contribution in [3.63, 3.8) is 0 Å². The fourth-order valence-electron chi connectivity index (χ4n) is 10.0. The summed E-state index contributed by atoms with van der Waals surface area (Å²) in [5, 5.41) is 2.78. The maximum absolute atomic E-state index is 14.1. The van der Waals surface area contributed by atoms with Gasteiger partial charge >= 0.3 is 6.09 Å². The number of nitrogens with zero attached hydrogens (tertiary/aromatic N) is 4. The number of fused-ring (bicyclic) bond motifs is 2. The molecule has 3 amide bonds. The number of H-pyrrole nitrogens is 2. The fourth-order valence-corrected chi connectivity index (χ4v) is 10.0. The van der Waals surface area contributed by atoms with Crippen molar-refractivity contribution >= 4 is 17.9 Å². The van der Waals surface area contributed by atoms with Crippen molar-refractivity contribution in [2.45, 2.75) is 116 Å². The molecule has 8 rings (SSSR count). The minimum absolute atomic E-state index is 0.0193. The van der Waals surface area contributed by atoms with Gasteiger partial charge in [0.25, 0.3) is 0 Å². The third-order valence-corrected chi connectivity index (χ3v) is 12.7. The molecule has 290 valence electrons. The predicted octanol–water partition coefficient (Wildman–Crippen LogP) is 8.44. The van der Waals surface area contributed by atoms with Crippen LogP contribution < -0.4 is 5.32 Å². The van der Waals surface area contributed by atoms with Crippen LogP contribution in [0.1, 0.15) is 109 Å². The number of rotatable bonds is 10. The van der Waals surface area contributed by atoms with Crippen LogP contribution in [0.15, 0.2) is 60.9 Å². The highest BCUT2D eigenvalue weighted by molar-refractivity contribution is 5.87. The molecule has 0 unspecified atom stereocenters. The number of aromatic nitrogens is 4. The highest BCUT2D eigenvalue weighted by Crippen LogP contribution is 2.49. The Hall–Kier alpha value is -4.93. The number of nitrogens with one attached hydrogen (secondary N) is 3. The maximum atomic E-state index is 14.1. The van der Waals surface area contributed by atoms with Crippen molar-refractivity contribution in [2.24, 2.45) is 23.7 Å². The number of alkyl carbamates (subject to hydrolysis) is 1. The van der Waals surface area contributed by atoms with Gasteiger partial charge in [0.2, 0.25) is 11.8 Å². The second kappa shape index (κ2) is 15.3. The normalized spacial score (nSPS) is 25.1. The average molecular weight is 746 g/mol. The number of benzene rings is 2. The van der Waals surface area contributed by atoms with Gasteiger partial charge in [-0.25, -0.2) is 14.8 Å². The van der Waals surface area contributed by atoms with Crippen LogP contribution in [-0.4, -0.2) is 72.9 Å². The van der Waals surface area contributed by atoms with Gasteiger partial charge < -0.3 is 29.8 Å². The van der Waals surface area contributed by atoms with Gasteiger partial charge in [0.15, 0.2) is 0 Å². The number of imidazole rings is 2. The molecule has 2 saturated heterocycles. The number of aromatic amines is 2. The molecular formula is C44H55N7O4. The summed E-state index contributed by atoms with van der Waals surface area (Å²) in [6.07, 6.45) is 12.3. The molecule has 4 aliphatic rings. The Morgan fingerprint density at radius 3 is 1.67 bits per heavy atom. The average Bonchev–Trinajstić information content (AvgIpc) is 4.02. The molecule has 3 N–H and O–H groups in total. The fraction of sp³-hybridized carbons (Fsp3) is 0.523. The molecule has 11 nitrogen and oxygen atoms in total. The molecule has 4 fully saturated rings. The molecule has 7 atom stereocenters. The van der Waals surface area contributed by atoms with Crippen LogP contribution in [0.25, 0.3) is 33.6 Å². The van der Waals surface area contributed by atoms with E-state index in [2.05, 4.69) is 82.6 Å². The van der Waals surface area contributed by atoms with Crippen LogP contribution in [0.2, 0.25) is 0 Å². The van der Waals surface area contributed by atoms with Gasteiger partial charge in [0, 0.05) is 18.5 Å². The number of methoxy groups -OCH3 is 1. The highest BCUT2D eigenvalue weighted by atomic mass is 16.5. The summed E-state index contributed by atoms with van der Waals surface area (Å²) in [5.74, 6) is 3.12. The standard InChI is InChI=1S/C44H55N7O4/c1-25(2)20-39(52)50-35-10-6-8-31(35)21-37(50)41-45-23-33(47-41)29-16-12-27(13-17-29)28-14-18-30(19-15-28)34-24-46-42(48-34)38-22-32-9-7-11-36(32)51(38)43(53)40(26(3)4)49-44(54)55-5/h12-19,23-26,31-32,35-38,40H,6-11,20-22H2,1-5H3,(H,45,47)(H,46,48)(H,49,54)/t31-,32-,35-,36-,37-,38-,40-/m0/s1. The lowest BCUT2D eigenvalue weighted by atomic mass is 10.0. The van der Waals surface area contributed by atoms with E-state index in [0.717, 1.165) is 83.8 Å². The molecule has 2 aromatic carbocycles. The van der Waals surface area contributed by atoms with Gasteiger partial charge in [-0.05, 0) is 84.5 Å². The summed E-state index contributed by atoms with van der Waals surface area (Å²) in [6.45, 7) is 8.12. The van der Waals surface area contributed by atoms with Crippen LogP contribution in [-0.2, 0) is 14.3 Å². The van der Waals surface area contributed by atoms with E-state index in [1.165, 1.54) is 20.0 Å². The van der Waals surface area contributed by atoms with Gasteiger partial charge in [-0.2, -0.15) is 0 Å². The molecule has 11 heteroatoms. The molecule has 2 aliphatic carbocycles. The quantitative estimate of drug-likeness (QED) is 0.149. The number of carbonyl (C=O) groups excluding carboxylic acids is 3. The molecule has 4 heterocycles. The van der Waals surface area contributed by atoms with E-state index < -0.39 is 12.1 Å². The minimum atomic E-state index is -0.670. The zero-order valence-corrected chi connectivity index (χ0v) is 32.8. The Balaban J connectivity index is 0.955. The Morgan fingerprint density at radius 1 is 0.727 bits per heavy atom. The first-order valence-corrected chi connectivity index (χ1v) is 20.4. The molecular weight excluding hydrogens is 691 g/mol. The Bertz CT molecular complexity index is 2000. The lowest BCUT2D eigenvalue weighted by molar-refractivity contribution is -0.138. The molecule has 2 aliphatic heterocycles. The molecule has 2 aromatic heterocycles. The van der Waals surface area contributed by atoms with Gasteiger partial charge in [-0.3, -0.25) is 9.59 Å². The zero-order chi connectivity index (χ0) is 38.4. The van der Waals surface area contributed by atoms with E-state index in [9.17, 15) is 14.4 Å². The number of hydrogen-bond donors (Lipinski definition) is 3. The predicted molar refractivity (Wildman–Crippen MR) is 211 cm³/mol. The number of hydrogen-bond acceptors (Lipinski definition) is 6. The van der Waals surface area contributed by atoms with Gasteiger partial charge in [0.1, 0.15) is 17.7 Å². The van der Waals surface area contributed by atoms with E-state index in [4.69, 9.17) is 14.7 Å². The van der Waals surface area contributed by atoms with Gasteiger partial charge in [0.05, 0.1) is 43.0 Å². The largest absolute Gasteiger partial charge is 0.453 e. The third-order valence-electron chi connectivity index (χ3n) is 12.7. The molecule has 4 aromatic rings. The summed E-state index contributed by atoms with van der Waals surface area (Å²) in [7, 11) is 1.32. The van der Waals surface area contributed by atoms with Crippen molar-refractivity contribution < 1.29 is 19.1 Å². The van der Waals surface area contributed by atoms with Crippen LogP contribution in [0.4, 0.5) is 4.79 Å². The van der Waals surface area contributed by atoms with Crippen LogP contribution in [0.3, 0.4) is 0 Å². The van der Waals surface area contributed by atoms with Crippen molar-refractivity contribution in [3.05, 3.63) is 72.6 Å². The summed E-state index contributed by atoms with van der Waals surface area (Å²) < 4.78 is 4.85. The lowest BCUT2D eigenvalue weighted by Gasteiger charge is -2.33. The minimum Gasteiger partial charge on any atom is -0.453 e. The van der Waals surface area contributed by atoms with Crippen molar-refractivity contribution in [3.8, 4) is 33.6 Å². The summed E-state index contributed by atoms with van der Waals surface area (Å²) in [5.41, 5.74) is 6.17. The summed E-state index contributed by atoms with van der Waals surface area (Å²) >= 11 is 0. The van der Waals surface area contributed by atoms with E-state index in [1.54, 1.807) is 0 Å². The molecule has 0 radical (unpaired) electrons. The third kappa shape index (κ3) is 7.18. The molecule has 55 heavy (non-hydrogen) atoms. The SMILES string of the molecule is COC(=O)N[C@H](C(=O)N1[C@H](c2ncc(-c3ccc(-c4ccc(-c5cnc([C@@H]6C[C@@H]7CCC[C@@H]7N6C(=O)CC(C)C)[nH]5)cc4)cc3)[nH]2)C[C@@H]2CCC[C@@H]21)C(C)C. The monoisotopic (exact) mass is 745 g/mol. The number of ether oxygens (including phenoxy) is 1. The number of carbonyl (C=O) groups is 3. The van der Waals surface area contributed by atoms with E-state index in [-0.39, 0.29) is 35.9 Å². The van der Waals surface area contributed by atoms with Gasteiger partial charge in [-0.15, -0.1) is 0 Å². The Morgan fingerprint density at radius 2 is 1.20 bits per heavy atom. The molecule has 2 saturated carbocycles. The van der Waals surface area contributed by atoms with Gasteiger partial charge in [-0.1, -0.05) is 89.1 Å². The Labute approximate surface area is 324 Å². The van der Waals surface area contributed by atoms with E-state index >= 15 is 0 Å². The topological polar surface area (TPSA) is 136 Å². The molecule has 0 bridgehead atoms. The second-order valence-electron chi connectivity index (χ2n) is 17.0. The maximum Gasteiger partial charge on any atom is 0.407 e. The Kier molecular flexibility index (Phi) is 10.3. The van der Waals surface area contributed by atoms with Crippen molar-refractivity contribution in [1.82, 2.24) is 35.1 Å². The summed E-state index contributed by atoms with van der Waals surface area (Å²) in [4.78, 5) is 60.5. The van der Waals surface area contributed by atoms with Crippen LogP contribution in [0, 0.1) is 23.7 Å². The van der Waals surface area contributed by atoms with Crippen LogP contribution >= 0.6 is 0 Å². The van der Waals surface area contributed by atoms with Crippen molar-refractivity contribution in [1.29, 1.82) is 0 Å². The summed E-state index contributed by atoms with van der Waals surface area (Å²) in [6, 6.07) is 16.7. The highest BCUT2D eigenvalue weighted by Gasteiger charge is 2.50. The van der Waals surface area contributed by atoms with Crippen LogP contribution in [0.5, 0.6) is 0 Å². The van der Waals surface area contributed by atoms with E-state index in [0.29, 0.717) is 30.2 Å². The zero-order valence-electron chi connectivity index (χ0n) is 32.8. The number of likely N-dealkylation sites (tertiary alicyclic amines) is 2. The first-order chi connectivity index (χ1) is 26.6. The van der Waals surface area contributed by atoms with E-state index in [1.807, 2.05) is 31.1 Å². The lowest BCUT2D eigenvalue weighted by Crippen LogP contribution is -2.53. The molecule has 0 spiro atoms. The first-order valence-electron chi connectivity index (χ1n) is 20.4. The number of amides is 3.